The Morgan fingerprint density at radius 1 is 1.06 bits per heavy atom. The van der Waals surface area contributed by atoms with Gasteiger partial charge in [0.1, 0.15) is 17.7 Å². The van der Waals surface area contributed by atoms with Gasteiger partial charge in [0.2, 0.25) is 0 Å². The molecule has 0 saturated heterocycles. The van der Waals surface area contributed by atoms with E-state index < -0.39 is 11.7 Å². The maximum absolute atomic E-state index is 12.9. The maximum atomic E-state index is 12.9. The van der Waals surface area contributed by atoms with E-state index in [1.807, 2.05) is 24.3 Å². The minimum Gasteiger partial charge on any atom is -0.493 e. The lowest BCUT2D eigenvalue weighted by Crippen LogP contribution is -2.06. The van der Waals surface area contributed by atoms with Crippen LogP contribution in [0.3, 0.4) is 0 Å². The number of ether oxygens (including phenoxy) is 2. The second kappa shape index (κ2) is 9.35. The molecule has 4 nitrogen and oxygen atoms in total. The first-order valence-electron chi connectivity index (χ1n) is 9.82. The highest BCUT2D eigenvalue weighted by molar-refractivity contribution is 7.19. The minimum absolute atomic E-state index is 0.0510. The monoisotopic (exact) mass is 466 g/mol. The SMILES string of the molecule is COc1cc(/C=C(\C#N)c2nc3ccccc3s2)ccc1OCc1cccc(C(F)(F)F)c1. The predicted molar refractivity (Wildman–Crippen MR) is 122 cm³/mol. The molecule has 0 bridgehead atoms. The van der Waals surface area contributed by atoms with Gasteiger partial charge in [-0.1, -0.05) is 30.3 Å². The number of hydrogen-bond acceptors (Lipinski definition) is 5. The number of methoxy groups -OCH3 is 1. The largest absolute Gasteiger partial charge is 0.493 e. The maximum Gasteiger partial charge on any atom is 0.416 e. The summed E-state index contributed by atoms with van der Waals surface area (Å²) in [6.07, 6.45) is -2.71. The fourth-order valence-electron chi connectivity index (χ4n) is 3.19. The summed E-state index contributed by atoms with van der Waals surface area (Å²) < 4.78 is 50.8. The number of aromatic nitrogens is 1. The molecule has 166 valence electrons. The van der Waals surface area contributed by atoms with E-state index in [2.05, 4.69) is 11.1 Å². The Labute approximate surface area is 192 Å². The Kier molecular flexibility index (Phi) is 6.33. The highest BCUT2D eigenvalue weighted by Gasteiger charge is 2.30. The van der Waals surface area contributed by atoms with Gasteiger partial charge in [0.05, 0.1) is 28.5 Å². The second-order valence-corrected chi connectivity index (χ2v) is 8.08. The van der Waals surface area contributed by atoms with Crippen molar-refractivity contribution in [3.63, 3.8) is 0 Å². The van der Waals surface area contributed by atoms with Crippen molar-refractivity contribution in [2.75, 3.05) is 7.11 Å². The molecular formula is C25H17F3N2O2S. The standard InChI is InChI=1S/C25H17F3N2O2S/c1-31-22-13-16(11-18(14-29)24-30-20-7-2-3-8-23(20)33-24)9-10-21(22)32-15-17-5-4-6-19(12-17)25(26,27)28/h2-13H,15H2,1H3/b18-11+. The van der Waals surface area contributed by atoms with Crippen LogP contribution in [0, 0.1) is 11.3 Å². The number of allylic oxidation sites excluding steroid dienone is 1. The summed E-state index contributed by atoms with van der Waals surface area (Å²) in [5, 5.41) is 10.3. The number of rotatable bonds is 6. The topological polar surface area (TPSA) is 55.1 Å². The van der Waals surface area contributed by atoms with E-state index in [1.165, 1.54) is 24.5 Å². The molecule has 4 aromatic rings. The van der Waals surface area contributed by atoms with Crippen LogP contribution in [0.15, 0.2) is 66.7 Å². The van der Waals surface area contributed by atoms with Gasteiger partial charge in [-0.25, -0.2) is 4.98 Å². The smallest absolute Gasteiger partial charge is 0.416 e. The number of hydrogen-bond donors (Lipinski definition) is 0. The first-order chi connectivity index (χ1) is 15.9. The molecule has 0 unspecified atom stereocenters. The first-order valence-corrected chi connectivity index (χ1v) is 10.6. The van der Waals surface area contributed by atoms with Crippen molar-refractivity contribution in [1.82, 2.24) is 4.98 Å². The third kappa shape index (κ3) is 5.16. The average molecular weight is 466 g/mol. The first kappa shape index (κ1) is 22.4. The Bertz CT molecular complexity index is 1340. The summed E-state index contributed by atoms with van der Waals surface area (Å²) >= 11 is 1.43. The van der Waals surface area contributed by atoms with E-state index in [0.29, 0.717) is 33.2 Å². The lowest BCUT2D eigenvalue weighted by Gasteiger charge is -2.13. The molecule has 3 aromatic carbocycles. The van der Waals surface area contributed by atoms with Crippen LogP contribution in [0.25, 0.3) is 21.9 Å². The van der Waals surface area contributed by atoms with E-state index in [1.54, 1.807) is 30.3 Å². The van der Waals surface area contributed by atoms with Crippen molar-refractivity contribution >= 4 is 33.2 Å². The quantitative estimate of drug-likeness (QED) is 0.288. The zero-order chi connectivity index (χ0) is 23.4. The van der Waals surface area contributed by atoms with Crippen molar-refractivity contribution < 1.29 is 22.6 Å². The van der Waals surface area contributed by atoms with Gasteiger partial charge < -0.3 is 9.47 Å². The Hall–Kier alpha value is -3.83. The van der Waals surface area contributed by atoms with Crippen molar-refractivity contribution in [3.8, 4) is 17.6 Å². The molecule has 0 aliphatic rings. The number of thiazole rings is 1. The molecule has 0 amide bonds. The minimum atomic E-state index is -4.41. The fourth-order valence-corrected chi connectivity index (χ4v) is 4.12. The van der Waals surface area contributed by atoms with E-state index >= 15 is 0 Å². The third-order valence-electron chi connectivity index (χ3n) is 4.79. The van der Waals surface area contributed by atoms with Crippen LogP contribution >= 0.6 is 11.3 Å². The number of benzene rings is 3. The molecule has 0 radical (unpaired) electrons. The lowest BCUT2D eigenvalue weighted by molar-refractivity contribution is -0.137. The van der Waals surface area contributed by atoms with Crippen LogP contribution in [-0.2, 0) is 12.8 Å². The summed E-state index contributed by atoms with van der Waals surface area (Å²) in [6.45, 7) is -0.0510. The molecule has 4 rings (SSSR count). The van der Waals surface area contributed by atoms with Crippen molar-refractivity contribution in [2.45, 2.75) is 12.8 Å². The van der Waals surface area contributed by atoms with Crippen LogP contribution in [0.1, 0.15) is 21.7 Å². The molecule has 0 fully saturated rings. The third-order valence-corrected chi connectivity index (χ3v) is 5.86. The van der Waals surface area contributed by atoms with E-state index in [4.69, 9.17) is 9.47 Å². The summed E-state index contributed by atoms with van der Waals surface area (Å²) in [7, 11) is 1.47. The fraction of sp³-hybridized carbons (Fsp3) is 0.120. The molecule has 33 heavy (non-hydrogen) atoms. The molecule has 1 aromatic heterocycles. The number of alkyl halides is 3. The zero-order valence-electron chi connectivity index (χ0n) is 17.4. The second-order valence-electron chi connectivity index (χ2n) is 7.05. The number of fused-ring (bicyclic) bond motifs is 1. The summed E-state index contributed by atoms with van der Waals surface area (Å²) in [6, 6.07) is 19.9. The molecule has 0 spiro atoms. The van der Waals surface area contributed by atoms with Gasteiger partial charge in [-0.2, -0.15) is 18.4 Å². The van der Waals surface area contributed by atoms with Crippen molar-refractivity contribution in [1.29, 1.82) is 5.26 Å². The molecule has 0 aliphatic carbocycles. The number of para-hydroxylation sites is 1. The Morgan fingerprint density at radius 3 is 2.61 bits per heavy atom. The zero-order valence-corrected chi connectivity index (χ0v) is 18.2. The van der Waals surface area contributed by atoms with Crippen LogP contribution in [-0.4, -0.2) is 12.1 Å². The van der Waals surface area contributed by atoms with Crippen molar-refractivity contribution in [3.05, 3.63) is 88.4 Å². The molecule has 0 saturated carbocycles. The highest BCUT2D eigenvalue weighted by atomic mass is 32.1. The van der Waals surface area contributed by atoms with Crippen LogP contribution in [0.2, 0.25) is 0 Å². The van der Waals surface area contributed by atoms with Crippen LogP contribution in [0.4, 0.5) is 13.2 Å². The molecule has 1 heterocycles. The van der Waals surface area contributed by atoms with E-state index in [-0.39, 0.29) is 6.61 Å². The molecule has 0 aliphatic heterocycles. The molecule has 0 N–H and O–H groups in total. The summed E-state index contributed by atoms with van der Waals surface area (Å²) in [4.78, 5) is 4.52. The van der Waals surface area contributed by atoms with E-state index in [0.717, 1.165) is 22.3 Å². The molecule has 8 heteroatoms. The Balaban J connectivity index is 1.56. The number of nitriles is 1. The highest BCUT2D eigenvalue weighted by Crippen LogP contribution is 2.33. The van der Waals surface area contributed by atoms with Crippen LogP contribution < -0.4 is 9.47 Å². The van der Waals surface area contributed by atoms with Gasteiger partial charge in [0.25, 0.3) is 0 Å². The number of nitrogens with zero attached hydrogens (tertiary/aromatic N) is 2. The lowest BCUT2D eigenvalue weighted by atomic mass is 10.1. The Morgan fingerprint density at radius 2 is 1.88 bits per heavy atom. The van der Waals surface area contributed by atoms with E-state index in [9.17, 15) is 18.4 Å². The number of halogens is 3. The van der Waals surface area contributed by atoms with Gasteiger partial charge in [0, 0.05) is 0 Å². The predicted octanol–water partition coefficient (Wildman–Crippen LogP) is 6.97. The summed E-state index contributed by atoms with van der Waals surface area (Å²) in [5.41, 5.74) is 1.60. The molecule has 0 atom stereocenters. The summed E-state index contributed by atoms with van der Waals surface area (Å²) in [5.74, 6) is 0.780. The van der Waals surface area contributed by atoms with Gasteiger partial charge in [0.15, 0.2) is 11.5 Å². The average Bonchev–Trinajstić information content (AvgIpc) is 3.25. The normalized spacial score (nSPS) is 11.9. The van der Waals surface area contributed by atoms with Gasteiger partial charge in [-0.3, -0.25) is 0 Å². The van der Waals surface area contributed by atoms with Crippen molar-refractivity contribution in [2.24, 2.45) is 0 Å². The van der Waals surface area contributed by atoms with Gasteiger partial charge >= 0.3 is 6.18 Å². The van der Waals surface area contributed by atoms with Crippen LogP contribution in [0.5, 0.6) is 11.5 Å². The van der Waals surface area contributed by atoms with Gasteiger partial charge in [-0.15, -0.1) is 11.3 Å². The van der Waals surface area contributed by atoms with Gasteiger partial charge in [-0.05, 0) is 53.6 Å². The molecular weight excluding hydrogens is 449 g/mol.